The van der Waals surface area contributed by atoms with Crippen LogP contribution in [0.4, 0.5) is 0 Å². The highest BCUT2D eigenvalue weighted by Crippen LogP contribution is 2.12. The number of rotatable bonds is 5. The second-order valence-corrected chi connectivity index (χ2v) is 4.52. The maximum atomic E-state index is 8.97. The van der Waals surface area contributed by atoms with E-state index in [0.29, 0.717) is 0 Å². The first kappa shape index (κ1) is 12.8. The van der Waals surface area contributed by atoms with Crippen molar-refractivity contribution < 1.29 is 5.11 Å². The van der Waals surface area contributed by atoms with Crippen LogP contribution in [-0.2, 0) is 20.2 Å². The van der Waals surface area contributed by atoms with Crippen molar-refractivity contribution in [1.29, 1.82) is 0 Å². The molecule has 2 aromatic rings. The first-order valence-corrected chi connectivity index (χ1v) is 6.09. The van der Waals surface area contributed by atoms with Crippen molar-refractivity contribution in [2.24, 2.45) is 7.05 Å². The number of benzene rings is 1. The zero-order chi connectivity index (χ0) is 13.0. The molecule has 18 heavy (non-hydrogen) atoms. The summed E-state index contributed by atoms with van der Waals surface area (Å²) in [7, 11) is 1.92. The highest BCUT2D eigenvalue weighted by atomic mass is 16.3. The van der Waals surface area contributed by atoms with Crippen LogP contribution in [0.25, 0.3) is 0 Å². The number of aliphatic hydroxyl groups is 1. The van der Waals surface area contributed by atoms with E-state index in [1.165, 1.54) is 11.1 Å². The smallest absolute Gasteiger partial charge is 0.0681 e. The van der Waals surface area contributed by atoms with E-state index < -0.39 is 0 Å². The Morgan fingerprint density at radius 2 is 1.94 bits per heavy atom. The molecule has 96 valence electrons. The standard InChI is InChI=1S/C14H19N3O/c1-11(14-8-16-17(2)9-14)15-7-12-3-5-13(10-18)6-4-12/h3-6,8-9,11,15,18H,7,10H2,1-2H3. The number of hydrogen-bond acceptors (Lipinski definition) is 3. The van der Waals surface area contributed by atoms with Crippen LogP contribution < -0.4 is 5.32 Å². The zero-order valence-electron chi connectivity index (χ0n) is 10.8. The Bertz CT molecular complexity index is 490. The van der Waals surface area contributed by atoms with E-state index in [1.807, 2.05) is 48.4 Å². The summed E-state index contributed by atoms with van der Waals surface area (Å²) < 4.78 is 1.81. The van der Waals surface area contributed by atoms with Gasteiger partial charge in [-0.1, -0.05) is 24.3 Å². The van der Waals surface area contributed by atoms with Crippen LogP contribution in [0, 0.1) is 0 Å². The molecular weight excluding hydrogens is 226 g/mol. The van der Waals surface area contributed by atoms with Crippen molar-refractivity contribution in [2.45, 2.75) is 26.1 Å². The van der Waals surface area contributed by atoms with Crippen LogP contribution in [0.5, 0.6) is 0 Å². The number of nitrogens with zero attached hydrogens (tertiary/aromatic N) is 2. The SMILES string of the molecule is CC(NCc1ccc(CO)cc1)c1cnn(C)c1. The van der Waals surface area contributed by atoms with Crippen molar-refractivity contribution >= 4 is 0 Å². The third-order valence-electron chi connectivity index (χ3n) is 3.04. The van der Waals surface area contributed by atoms with Gasteiger partial charge in [0.05, 0.1) is 12.8 Å². The molecule has 0 amide bonds. The lowest BCUT2D eigenvalue weighted by molar-refractivity contribution is 0.282. The van der Waals surface area contributed by atoms with Crippen molar-refractivity contribution in [3.63, 3.8) is 0 Å². The monoisotopic (exact) mass is 245 g/mol. The Morgan fingerprint density at radius 1 is 1.28 bits per heavy atom. The molecule has 0 aliphatic heterocycles. The molecule has 2 N–H and O–H groups in total. The molecule has 0 fully saturated rings. The topological polar surface area (TPSA) is 50.1 Å². The van der Waals surface area contributed by atoms with Crippen LogP contribution in [-0.4, -0.2) is 14.9 Å². The predicted octanol–water partition coefficient (Wildman–Crippen LogP) is 1.76. The maximum absolute atomic E-state index is 8.97. The minimum absolute atomic E-state index is 0.0970. The zero-order valence-corrected chi connectivity index (χ0v) is 10.8. The van der Waals surface area contributed by atoms with Gasteiger partial charge in [0, 0.05) is 31.4 Å². The van der Waals surface area contributed by atoms with Gasteiger partial charge in [-0.15, -0.1) is 0 Å². The molecule has 1 unspecified atom stereocenters. The second-order valence-electron chi connectivity index (χ2n) is 4.52. The average molecular weight is 245 g/mol. The summed E-state index contributed by atoms with van der Waals surface area (Å²) in [6.07, 6.45) is 3.90. The summed E-state index contributed by atoms with van der Waals surface area (Å²) in [4.78, 5) is 0. The highest BCUT2D eigenvalue weighted by molar-refractivity contribution is 5.22. The van der Waals surface area contributed by atoms with E-state index in [4.69, 9.17) is 5.11 Å². The van der Waals surface area contributed by atoms with E-state index in [1.54, 1.807) is 0 Å². The minimum Gasteiger partial charge on any atom is -0.392 e. The molecule has 0 spiro atoms. The van der Waals surface area contributed by atoms with Crippen LogP contribution in [0.3, 0.4) is 0 Å². The highest BCUT2D eigenvalue weighted by Gasteiger charge is 2.06. The lowest BCUT2D eigenvalue weighted by atomic mass is 10.1. The summed E-state index contributed by atoms with van der Waals surface area (Å²) in [5, 5.41) is 16.6. The molecule has 0 radical (unpaired) electrons. The van der Waals surface area contributed by atoms with E-state index in [-0.39, 0.29) is 12.6 Å². The fourth-order valence-corrected chi connectivity index (χ4v) is 1.82. The molecule has 0 aliphatic rings. The van der Waals surface area contributed by atoms with Gasteiger partial charge >= 0.3 is 0 Å². The lowest BCUT2D eigenvalue weighted by Gasteiger charge is -2.12. The maximum Gasteiger partial charge on any atom is 0.0681 e. The molecule has 4 nitrogen and oxygen atoms in total. The van der Waals surface area contributed by atoms with Crippen LogP contribution in [0.15, 0.2) is 36.7 Å². The van der Waals surface area contributed by atoms with Gasteiger partial charge in [-0.25, -0.2) is 0 Å². The van der Waals surface area contributed by atoms with Gasteiger partial charge < -0.3 is 10.4 Å². The van der Waals surface area contributed by atoms with Crippen molar-refractivity contribution in [2.75, 3.05) is 0 Å². The molecule has 0 saturated heterocycles. The molecule has 1 atom stereocenters. The number of hydrogen-bond donors (Lipinski definition) is 2. The van der Waals surface area contributed by atoms with Gasteiger partial charge in [0.1, 0.15) is 0 Å². The van der Waals surface area contributed by atoms with Crippen LogP contribution >= 0.6 is 0 Å². The molecule has 1 heterocycles. The van der Waals surface area contributed by atoms with Crippen molar-refractivity contribution in [3.05, 3.63) is 53.3 Å². The van der Waals surface area contributed by atoms with Gasteiger partial charge in [0.25, 0.3) is 0 Å². The molecule has 1 aromatic heterocycles. The molecule has 4 heteroatoms. The van der Waals surface area contributed by atoms with E-state index in [2.05, 4.69) is 17.3 Å². The first-order valence-electron chi connectivity index (χ1n) is 6.09. The quantitative estimate of drug-likeness (QED) is 0.844. The van der Waals surface area contributed by atoms with Crippen molar-refractivity contribution in [3.8, 4) is 0 Å². The van der Waals surface area contributed by atoms with E-state index in [9.17, 15) is 0 Å². The Hall–Kier alpha value is -1.65. The lowest BCUT2D eigenvalue weighted by Crippen LogP contribution is -2.17. The summed E-state index contributed by atoms with van der Waals surface area (Å²) in [5.41, 5.74) is 3.34. The van der Waals surface area contributed by atoms with E-state index >= 15 is 0 Å². The van der Waals surface area contributed by atoms with Crippen LogP contribution in [0.1, 0.15) is 29.7 Å². The predicted molar refractivity (Wildman–Crippen MR) is 70.8 cm³/mol. The number of aryl methyl sites for hydroxylation is 1. The fraction of sp³-hybridized carbons (Fsp3) is 0.357. The third kappa shape index (κ3) is 3.18. The second kappa shape index (κ2) is 5.80. The molecule has 1 aromatic carbocycles. The Labute approximate surface area is 107 Å². The Morgan fingerprint density at radius 3 is 2.50 bits per heavy atom. The molecule has 0 saturated carbocycles. The molecule has 0 bridgehead atoms. The largest absolute Gasteiger partial charge is 0.392 e. The summed E-state index contributed by atoms with van der Waals surface area (Å²) in [6, 6.07) is 8.25. The van der Waals surface area contributed by atoms with E-state index in [0.717, 1.165) is 12.1 Å². The first-order chi connectivity index (χ1) is 8.69. The van der Waals surface area contributed by atoms with Gasteiger partial charge in [-0.3, -0.25) is 4.68 Å². The number of aliphatic hydroxyl groups excluding tert-OH is 1. The molecular formula is C14H19N3O. The van der Waals surface area contributed by atoms with Gasteiger partial charge in [0.2, 0.25) is 0 Å². The normalized spacial score (nSPS) is 12.6. The number of nitrogens with one attached hydrogen (secondary N) is 1. The van der Waals surface area contributed by atoms with Crippen LogP contribution in [0.2, 0.25) is 0 Å². The molecule has 0 aliphatic carbocycles. The third-order valence-corrected chi connectivity index (χ3v) is 3.04. The minimum atomic E-state index is 0.0970. The van der Waals surface area contributed by atoms with Crippen molar-refractivity contribution in [1.82, 2.24) is 15.1 Å². The van der Waals surface area contributed by atoms with Gasteiger partial charge in [0.15, 0.2) is 0 Å². The number of aromatic nitrogens is 2. The Balaban J connectivity index is 1.90. The average Bonchev–Trinajstić information content (AvgIpc) is 2.83. The van der Waals surface area contributed by atoms with Gasteiger partial charge in [-0.2, -0.15) is 5.10 Å². The summed E-state index contributed by atoms with van der Waals surface area (Å²) in [5.74, 6) is 0. The van der Waals surface area contributed by atoms with Gasteiger partial charge in [-0.05, 0) is 18.1 Å². The molecule has 2 rings (SSSR count). The summed E-state index contributed by atoms with van der Waals surface area (Å²) >= 11 is 0. The fourth-order valence-electron chi connectivity index (χ4n) is 1.82. The Kier molecular flexibility index (Phi) is 4.12. The summed E-state index contributed by atoms with van der Waals surface area (Å²) in [6.45, 7) is 3.03.